The van der Waals surface area contributed by atoms with Crippen LogP contribution in [0.25, 0.3) is 21.7 Å². The van der Waals surface area contributed by atoms with Gasteiger partial charge in [-0.1, -0.05) is 72.8 Å². The summed E-state index contributed by atoms with van der Waals surface area (Å²) in [7, 11) is -3.67. The molecule has 5 aromatic rings. The number of hydrogen-bond donors (Lipinski definition) is 3. The van der Waals surface area contributed by atoms with E-state index in [4.69, 9.17) is 9.29 Å². The van der Waals surface area contributed by atoms with Gasteiger partial charge < -0.3 is 19.5 Å². The van der Waals surface area contributed by atoms with Gasteiger partial charge in [0.2, 0.25) is 0 Å². The van der Waals surface area contributed by atoms with Crippen molar-refractivity contribution in [2.24, 2.45) is 5.92 Å². The maximum absolute atomic E-state index is 13.3. The first-order valence-electron chi connectivity index (χ1n) is 16.5. The molecule has 1 saturated carbocycles. The van der Waals surface area contributed by atoms with Gasteiger partial charge in [0, 0.05) is 41.9 Å². The van der Waals surface area contributed by atoms with Crippen LogP contribution in [0.2, 0.25) is 0 Å². The summed E-state index contributed by atoms with van der Waals surface area (Å²) in [6.45, 7) is 2.75. The zero-order chi connectivity index (χ0) is 32.3. The van der Waals surface area contributed by atoms with E-state index in [0.29, 0.717) is 18.4 Å². The Hall–Kier alpha value is -3.89. The molecule has 2 bridgehead atoms. The first-order valence-corrected chi connectivity index (χ1v) is 18.4. The fourth-order valence-electron chi connectivity index (χ4n) is 9.55. The third-order valence-electron chi connectivity index (χ3n) is 11.5. The number of rotatable bonds is 4. The van der Waals surface area contributed by atoms with Gasteiger partial charge in [-0.15, -0.1) is 0 Å². The van der Waals surface area contributed by atoms with Crippen molar-refractivity contribution in [2.45, 2.75) is 61.8 Å². The fourth-order valence-corrected chi connectivity index (χ4v) is 9.55. The molecule has 3 N–H and O–H groups in total. The van der Waals surface area contributed by atoms with E-state index in [0.717, 1.165) is 44.0 Å². The molecule has 2 fully saturated rings. The smallest absolute Gasteiger partial charge is 0.261 e. The van der Waals surface area contributed by atoms with E-state index in [1.165, 1.54) is 56.9 Å². The number of aromatic hydroxyl groups is 1. The molecule has 1 saturated heterocycles. The van der Waals surface area contributed by atoms with E-state index in [1.54, 1.807) is 6.07 Å². The van der Waals surface area contributed by atoms with E-state index in [2.05, 4.69) is 82.3 Å². The van der Waals surface area contributed by atoms with Gasteiger partial charge in [-0.2, -0.15) is 8.42 Å². The van der Waals surface area contributed by atoms with E-state index >= 15 is 0 Å². The molecule has 0 radical (unpaired) electrons. The standard InChI is InChI=1S/C37H34N2O3.CH4O3S/c40-29-15-13-25-18-30-37(41)19-28-27-14-12-24-8-4-5-9-26(24)32(27)39(21-22-6-2-1-3-7-22)33(28)35-36(37,31(25)34(29)42-35)16-17-38(30)20-23-10-11-23;1-5(2,3)4/h1-9,12-15,23,30,35,40-41H,10-11,16-21H2;1H3,(H,2,3,4)/t30-,35-,36-,37+;/m0./s1. The number of fused-ring (bicyclic) bond motifs is 6. The summed E-state index contributed by atoms with van der Waals surface area (Å²) < 4.78 is 35.4. The lowest BCUT2D eigenvalue weighted by Crippen LogP contribution is -2.74. The second-order valence-electron chi connectivity index (χ2n) is 14.3. The number of benzene rings is 4. The molecule has 9 heteroatoms. The Bertz CT molecular complexity index is 2180. The SMILES string of the molecule is CS(=O)(=O)O.Oc1ccc2c3c1O[C@H]1c4c(c5ccc6ccccc6c5n4Cc4ccccc4)C[C@@]4(O)[C@H](C2)N(CC2CC2)CC[C@]314. The van der Waals surface area contributed by atoms with Gasteiger partial charge in [-0.05, 0) is 66.3 Å². The molecular formula is C38H38N2O6S. The van der Waals surface area contributed by atoms with Gasteiger partial charge in [0.25, 0.3) is 10.1 Å². The van der Waals surface area contributed by atoms with Gasteiger partial charge in [-0.25, -0.2) is 0 Å². The summed E-state index contributed by atoms with van der Waals surface area (Å²) in [4.78, 5) is 2.61. The largest absolute Gasteiger partial charge is 0.504 e. The number of piperidine rings is 1. The van der Waals surface area contributed by atoms with Crippen LogP contribution < -0.4 is 4.74 Å². The number of phenolic OH excluding ortho intramolecular Hbond substituents is 1. The Labute approximate surface area is 274 Å². The van der Waals surface area contributed by atoms with Crippen LogP contribution >= 0.6 is 0 Å². The fraction of sp³-hybridized carbons (Fsp3) is 0.368. The summed E-state index contributed by atoms with van der Waals surface area (Å²) in [5.74, 6) is 1.55. The molecule has 47 heavy (non-hydrogen) atoms. The van der Waals surface area contributed by atoms with Crippen LogP contribution in [0.3, 0.4) is 0 Å². The molecule has 3 heterocycles. The minimum absolute atomic E-state index is 0.0297. The van der Waals surface area contributed by atoms with Crippen LogP contribution in [0.5, 0.6) is 11.5 Å². The minimum Gasteiger partial charge on any atom is -0.504 e. The number of hydrogen-bond acceptors (Lipinski definition) is 6. The van der Waals surface area contributed by atoms with E-state index in [9.17, 15) is 18.6 Å². The highest BCUT2D eigenvalue weighted by molar-refractivity contribution is 7.85. The minimum atomic E-state index is -3.67. The van der Waals surface area contributed by atoms with Gasteiger partial charge >= 0.3 is 0 Å². The third kappa shape index (κ3) is 4.26. The van der Waals surface area contributed by atoms with Gasteiger partial charge in [0.1, 0.15) is 0 Å². The summed E-state index contributed by atoms with van der Waals surface area (Å²) in [6.07, 6.45) is 5.17. The summed E-state index contributed by atoms with van der Waals surface area (Å²) in [5, 5.41) is 28.1. The first kappa shape index (κ1) is 29.3. The van der Waals surface area contributed by atoms with Crippen molar-refractivity contribution in [1.82, 2.24) is 9.47 Å². The molecular weight excluding hydrogens is 612 g/mol. The lowest BCUT2D eigenvalue weighted by molar-refractivity contribution is -0.173. The van der Waals surface area contributed by atoms with Crippen molar-refractivity contribution in [2.75, 3.05) is 19.3 Å². The van der Waals surface area contributed by atoms with Crippen molar-refractivity contribution in [3.05, 3.63) is 107 Å². The van der Waals surface area contributed by atoms with Crippen LogP contribution in [0.1, 0.15) is 53.3 Å². The van der Waals surface area contributed by atoms with Crippen LogP contribution in [0.4, 0.5) is 0 Å². The molecule has 10 rings (SSSR count). The second-order valence-corrected chi connectivity index (χ2v) is 15.7. The van der Waals surface area contributed by atoms with Crippen molar-refractivity contribution in [3.63, 3.8) is 0 Å². The van der Waals surface area contributed by atoms with Crippen LogP contribution in [-0.4, -0.2) is 63.6 Å². The maximum atomic E-state index is 13.3. The number of aromatic nitrogens is 1. The zero-order valence-corrected chi connectivity index (χ0v) is 27.1. The molecule has 242 valence electrons. The predicted octanol–water partition coefficient (Wildman–Crippen LogP) is 5.75. The van der Waals surface area contributed by atoms with Gasteiger partial charge in [0.05, 0.1) is 28.5 Å². The zero-order valence-electron chi connectivity index (χ0n) is 26.3. The Morgan fingerprint density at radius 2 is 1.70 bits per heavy atom. The van der Waals surface area contributed by atoms with Crippen molar-refractivity contribution < 1.29 is 27.9 Å². The highest BCUT2D eigenvalue weighted by atomic mass is 32.2. The molecule has 4 aromatic carbocycles. The maximum Gasteiger partial charge on any atom is 0.261 e. The highest BCUT2D eigenvalue weighted by Gasteiger charge is 2.73. The van der Waals surface area contributed by atoms with E-state index in [-0.39, 0.29) is 17.9 Å². The molecule has 5 aliphatic rings. The number of ether oxygens (including phenoxy) is 1. The highest BCUT2D eigenvalue weighted by Crippen LogP contribution is 2.69. The Morgan fingerprint density at radius 1 is 0.957 bits per heavy atom. The molecule has 8 nitrogen and oxygen atoms in total. The number of nitrogens with zero attached hydrogens (tertiary/aromatic N) is 2. The normalized spacial score (nSPS) is 27.1. The summed E-state index contributed by atoms with van der Waals surface area (Å²) in [5.41, 5.74) is 5.57. The lowest BCUT2D eigenvalue weighted by Gasteiger charge is -2.63. The Morgan fingerprint density at radius 3 is 2.47 bits per heavy atom. The van der Waals surface area contributed by atoms with E-state index in [1.807, 2.05) is 0 Å². The predicted molar refractivity (Wildman–Crippen MR) is 181 cm³/mol. The number of aliphatic hydroxyl groups is 1. The first-order chi connectivity index (χ1) is 22.6. The average molecular weight is 651 g/mol. The number of likely N-dealkylation sites (tertiary alicyclic amines) is 1. The molecule has 2 aliphatic heterocycles. The Kier molecular flexibility index (Phi) is 6.26. The quantitative estimate of drug-likeness (QED) is 0.212. The van der Waals surface area contributed by atoms with Crippen LogP contribution in [0.15, 0.2) is 78.9 Å². The molecule has 4 atom stereocenters. The van der Waals surface area contributed by atoms with E-state index < -0.39 is 21.1 Å². The molecule has 1 aromatic heterocycles. The third-order valence-corrected chi connectivity index (χ3v) is 11.5. The Balaban J connectivity index is 0.000000566. The number of phenols is 1. The molecule has 0 amide bonds. The molecule has 0 unspecified atom stereocenters. The van der Waals surface area contributed by atoms with Crippen LogP contribution in [0, 0.1) is 5.92 Å². The summed E-state index contributed by atoms with van der Waals surface area (Å²) in [6, 6.07) is 27.8. The molecule has 3 aliphatic carbocycles. The topological polar surface area (TPSA) is 112 Å². The average Bonchev–Trinajstić information content (AvgIpc) is 3.71. The van der Waals surface area contributed by atoms with Crippen molar-refractivity contribution >= 4 is 31.8 Å². The van der Waals surface area contributed by atoms with Crippen LogP contribution in [-0.2, 0) is 34.9 Å². The van der Waals surface area contributed by atoms with Crippen molar-refractivity contribution in [3.8, 4) is 11.5 Å². The monoisotopic (exact) mass is 650 g/mol. The van der Waals surface area contributed by atoms with Gasteiger partial charge in [0.15, 0.2) is 17.6 Å². The second kappa shape index (κ2) is 10.1. The van der Waals surface area contributed by atoms with Gasteiger partial charge in [-0.3, -0.25) is 9.45 Å². The summed E-state index contributed by atoms with van der Waals surface area (Å²) >= 11 is 0. The lowest BCUT2D eigenvalue weighted by atomic mass is 9.49. The van der Waals surface area contributed by atoms with Crippen molar-refractivity contribution in [1.29, 1.82) is 0 Å². The molecule has 1 spiro atoms.